The summed E-state index contributed by atoms with van der Waals surface area (Å²) >= 11 is 10.8. The number of hydrogen-bond donors (Lipinski definition) is 0. The van der Waals surface area contributed by atoms with Crippen molar-refractivity contribution >= 4 is 30.4 Å². The van der Waals surface area contributed by atoms with Crippen molar-refractivity contribution < 1.29 is 9.53 Å². The van der Waals surface area contributed by atoms with E-state index in [0.717, 1.165) is 61.0 Å². The Labute approximate surface area is 167 Å². The minimum absolute atomic E-state index is 0.0151. The first-order valence-corrected chi connectivity index (χ1v) is 10.7. The number of esters is 1. The van der Waals surface area contributed by atoms with E-state index in [0.29, 0.717) is 18.4 Å². The van der Waals surface area contributed by atoms with Crippen LogP contribution >= 0.6 is 24.4 Å². The maximum absolute atomic E-state index is 12.2. The van der Waals surface area contributed by atoms with Crippen molar-refractivity contribution in [3.63, 3.8) is 0 Å². The number of aromatic nitrogens is 2. The van der Waals surface area contributed by atoms with Gasteiger partial charge in [0.15, 0.2) is 4.77 Å². The molecule has 0 amide bonds. The molecular formula is C20H32N2O2S2. The Morgan fingerprint density at radius 1 is 1.19 bits per heavy atom. The maximum atomic E-state index is 12.2. The molecule has 4 nitrogen and oxygen atoms in total. The van der Waals surface area contributed by atoms with Crippen LogP contribution in [0.5, 0.6) is 0 Å². The zero-order valence-corrected chi connectivity index (χ0v) is 17.9. The van der Waals surface area contributed by atoms with E-state index in [2.05, 4.69) is 25.3 Å². The van der Waals surface area contributed by atoms with E-state index in [1.165, 1.54) is 0 Å². The van der Waals surface area contributed by atoms with Crippen LogP contribution in [0.2, 0.25) is 0 Å². The van der Waals surface area contributed by atoms with Crippen LogP contribution in [0, 0.1) is 27.2 Å². The van der Waals surface area contributed by atoms with Crippen LogP contribution in [0.3, 0.4) is 0 Å². The van der Waals surface area contributed by atoms with Gasteiger partial charge in [0.1, 0.15) is 4.64 Å². The predicted octanol–water partition coefficient (Wildman–Crippen LogP) is 5.55. The molecule has 26 heavy (non-hydrogen) atoms. The van der Waals surface area contributed by atoms with Crippen LogP contribution in [0.4, 0.5) is 0 Å². The van der Waals surface area contributed by atoms with Gasteiger partial charge < -0.3 is 13.9 Å². The largest absolute Gasteiger partial charge is 0.465 e. The number of aryl methyl sites for hydroxylation is 1. The van der Waals surface area contributed by atoms with Crippen LogP contribution in [0.25, 0.3) is 0 Å². The molecule has 6 heteroatoms. The van der Waals surface area contributed by atoms with Crippen molar-refractivity contribution in [3.8, 4) is 0 Å². The summed E-state index contributed by atoms with van der Waals surface area (Å²) in [5.41, 5.74) is 0. The van der Waals surface area contributed by atoms with E-state index in [4.69, 9.17) is 29.2 Å². The first-order chi connectivity index (χ1) is 12.4. The lowest BCUT2D eigenvalue weighted by Crippen LogP contribution is -2.20. The SMILES string of the molecule is CCn1c(=S)ccn(CCCCCCOC(=O)C2CC(C)CC2C)c1=S. The lowest BCUT2D eigenvalue weighted by Gasteiger charge is -2.14. The normalized spacial score (nSPS) is 22.5. The summed E-state index contributed by atoms with van der Waals surface area (Å²) in [4.78, 5) is 12.2. The van der Waals surface area contributed by atoms with Crippen LogP contribution in [-0.4, -0.2) is 21.7 Å². The number of hydrogen-bond acceptors (Lipinski definition) is 4. The average Bonchev–Trinajstić information content (AvgIpc) is 2.94. The second-order valence-corrected chi connectivity index (χ2v) is 8.40. The Balaban J connectivity index is 1.62. The van der Waals surface area contributed by atoms with Crippen molar-refractivity contribution in [1.29, 1.82) is 0 Å². The molecule has 0 spiro atoms. The van der Waals surface area contributed by atoms with E-state index >= 15 is 0 Å². The number of carbonyl (C=O) groups excluding carboxylic acids is 1. The van der Waals surface area contributed by atoms with E-state index in [1.807, 2.05) is 16.8 Å². The van der Waals surface area contributed by atoms with Gasteiger partial charge in [-0.25, -0.2) is 0 Å². The zero-order valence-electron chi connectivity index (χ0n) is 16.3. The average molecular weight is 397 g/mol. The van der Waals surface area contributed by atoms with Gasteiger partial charge >= 0.3 is 5.97 Å². The van der Waals surface area contributed by atoms with E-state index in [9.17, 15) is 4.79 Å². The van der Waals surface area contributed by atoms with Crippen molar-refractivity contribution in [2.45, 2.75) is 72.4 Å². The monoisotopic (exact) mass is 396 g/mol. The van der Waals surface area contributed by atoms with E-state index < -0.39 is 0 Å². The third-order valence-electron chi connectivity index (χ3n) is 5.41. The zero-order chi connectivity index (χ0) is 19.1. The molecular weight excluding hydrogens is 364 g/mol. The molecule has 1 saturated carbocycles. The van der Waals surface area contributed by atoms with Gasteiger partial charge in [0.25, 0.3) is 0 Å². The Hall–Kier alpha value is -1.01. The van der Waals surface area contributed by atoms with Crippen LogP contribution < -0.4 is 0 Å². The van der Waals surface area contributed by atoms with Crippen molar-refractivity contribution in [3.05, 3.63) is 21.7 Å². The fourth-order valence-electron chi connectivity index (χ4n) is 3.93. The van der Waals surface area contributed by atoms with Crippen molar-refractivity contribution in [1.82, 2.24) is 9.13 Å². The van der Waals surface area contributed by atoms with Crippen LogP contribution in [0.1, 0.15) is 59.3 Å². The van der Waals surface area contributed by atoms with Gasteiger partial charge in [-0.3, -0.25) is 4.79 Å². The summed E-state index contributed by atoms with van der Waals surface area (Å²) in [6.45, 7) is 8.72. The van der Waals surface area contributed by atoms with Crippen LogP contribution in [-0.2, 0) is 22.6 Å². The lowest BCUT2D eigenvalue weighted by atomic mass is 9.99. The molecule has 1 aliphatic carbocycles. The summed E-state index contributed by atoms with van der Waals surface area (Å²) in [6.07, 6.45) is 8.31. The molecule has 2 rings (SSSR count). The van der Waals surface area contributed by atoms with Crippen molar-refractivity contribution in [2.75, 3.05) is 6.61 Å². The third-order valence-corrected chi connectivity index (χ3v) is 6.23. The van der Waals surface area contributed by atoms with Gasteiger partial charge in [-0.15, -0.1) is 0 Å². The Morgan fingerprint density at radius 2 is 1.92 bits per heavy atom. The first-order valence-electron chi connectivity index (χ1n) is 9.91. The molecule has 3 unspecified atom stereocenters. The standard InChI is InChI=1S/C20H32N2O2S2/c1-4-22-18(25)9-11-21(20(22)26)10-7-5-6-8-12-24-19(23)17-14-15(2)13-16(17)3/h9,11,15-17H,4-8,10,12-14H2,1-3H3. The summed E-state index contributed by atoms with van der Waals surface area (Å²) in [5.74, 6) is 1.25. The fraction of sp³-hybridized carbons (Fsp3) is 0.750. The van der Waals surface area contributed by atoms with Gasteiger partial charge in [0, 0.05) is 19.3 Å². The second kappa shape index (κ2) is 10.4. The lowest BCUT2D eigenvalue weighted by molar-refractivity contribution is -0.149. The summed E-state index contributed by atoms with van der Waals surface area (Å²) in [6, 6.07) is 1.94. The number of ether oxygens (including phenoxy) is 1. The molecule has 0 aliphatic heterocycles. The molecule has 0 saturated heterocycles. The molecule has 1 heterocycles. The highest BCUT2D eigenvalue weighted by atomic mass is 32.1. The molecule has 1 fully saturated rings. The maximum Gasteiger partial charge on any atom is 0.309 e. The molecule has 0 bridgehead atoms. The highest BCUT2D eigenvalue weighted by Crippen LogP contribution is 2.36. The minimum atomic E-state index is 0.0151. The molecule has 0 radical (unpaired) electrons. The number of nitrogens with zero attached hydrogens (tertiary/aromatic N) is 2. The topological polar surface area (TPSA) is 36.2 Å². The molecule has 1 aliphatic rings. The molecule has 0 N–H and O–H groups in total. The number of carbonyl (C=O) groups is 1. The summed E-state index contributed by atoms with van der Waals surface area (Å²) in [7, 11) is 0. The van der Waals surface area contributed by atoms with Gasteiger partial charge in [-0.05, 0) is 69.1 Å². The van der Waals surface area contributed by atoms with E-state index in [-0.39, 0.29) is 11.9 Å². The molecule has 3 atom stereocenters. The van der Waals surface area contributed by atoms with Gasteiger partial charge in [-0.1, -0.05) is 32.5 Å². The Kier molecular flexibility index (Phi) is 8.48. The number of rotatable bonds is 9. The second-order valence-electron chi connectivity index (χ2n) is 7.62. The fourth-order valence-corrected chi connectivity index (χ4v) is 4.64. The minimum Gasteiger partial charge on any atom is -0.465 e. The Morgan fingerprint density at radius 3 is 2.58 bits per heavy atom. The third kappa shape index (κ3) is 5.74. The Bertz CT molecular complexity index is 710. The number of unbranched alkanes of at least 4 members (excludes halogenated alkanes) is 3. The molecule has 146 valence electrons. The molecule has 1 aromatic heterocycles. The van der Waals surface area contributed by atoms with Gasteiger partial charge in [-0.2, -0.15) is 0 Å². The summed E-state index contributed by atoms with van der Waals surface area (Å²) < 4.78 is 11.2. The quantitative estimate of drug-likeness (QED) is 0.311. The summed E-state index contributed by atoms with van der Waals surface area (Å²) in [5, 5.41) is 0. The predicted molar refractivity (Wildman–Crippen MR) is 110 cm³/mol. The van der Waals surface area contributed by atoms with E-state index in [1.54, 1.807) is 0 Å². The van der Waals surface area contributed by atoms with Gasteiger partial charge in [0.2, 0.25) is 0 Å². The van der Waals surface area contributed by atoms with Crippen molar-refractivity contribution in [2.24, 2.45) is 17.8 Å². The molecule has 1 aromatic rings. The first kappa shape index (κ1) is 21.3. The smallest absolute Gasteiger partial charge is 0.309 e. The highest BCUT2D eigenvalue weighted by Gasteiger charge is 2.34. The highest BCUT2D eigenvalue weighted by molar-refractivity contribution is 7.72. The molecule has 0 aromatic carbocycles. The van der Waals surface area contributed by atoms with Crippen LogP contribution in [0.15, 0.2) is 12.3 Å². The van der Waals surface area contributed by atoms with Gasteiger partial charge in [0.05, 0.1) is 12.5 Å².